The van der Waals surface area contributed by atoms with E-state index in [0.29, 0.717) is 5.75 Å². The minimum Gasteiger partial charge on any atom is -0.496 e. The number of rotatable bonds is 6. The van der Waals surface area contributed by atoms with Crippen LogP contribution in [0.25, 0.3) is 5.57 Å². The molecule has 162 valence electrons. The van der Waals surface area contributed by atoms with E-state index in [1.54, 1.807) is 7.11 Å². The van der Waals surface area contributed by atoms with Crippen molar-refractivity contribution in [2.45, 2.75) is 33.2 Å². The quantitative estimate of drug-likeness (QED) is 0.423. The first-order valence-corrected chi connectivity index (χ1v) is 9.95. The van der Waals surface area contributed by atoms with E-state index in [1.165, 1.54) is 30.5 Å². The van der Waals surface area contributed by atoms with Crippen LogP contribution in [0.1, 0.15) is 49.2 Å². The van der Waals surface area contributed by atoms with Gasteiger partial charge in [-0.15, -0.1) is 0 Å². The van der Waals surface area contributed by atoms with Gasteiger partial charge in [-0.05, 0) is 51.5 Å². The van der Waals surface area contributed by atoms with E-state index in [9.17, 15) is 14.9 Å². The molecular weight excluding hydrogens is 396 g/mol. The van der Waals surface area contributed by atoms with Crippen LogP contribution >= 0.6 is 0 Å². The van der Waals surface area contributed by atoms with E-state index in [4.69, 9.17) is 4.74 Å². The zero-order valence-electron chi connectivity index (χ0n) is 18.3. The van der Waals surface area contributed by atoms with Gasteiger partial charge in [0, 0.05) is 47.1 Å². The number of nitro benzene ring substituents is 1. The van der Waals surface area contributed by atoms with E-state index >= 15 is 0 Å². The number of non-ortho nitro benzene ring substituents is 1. The van der Waals surface area contributed by atoms with Gasteiger partial charge in [-0.3, -0.25) is 14.9 Å². The Balaban J connectivity index is 1.85. The number of allylic oxidation sites excluding steroid dienone is 1. The van der Waals surface area contributed by atoms with Crippen LogP contribution in [0.3, 0.4) is 0 Å². The Bertz CT molecular complexity index is 1070. The predicted molar refractivity (Wildman–Crippen MR) is 122 cm³/mol. The molecule has 0 bridgehead atoms. The van der Waals surface area contributed by atoms with Crippen LogP contribution in [0, 0.1) is 10.1 Å². The molecular formula is C23H26N4O4. The molecule has 0 atom stereocenters. The molecule has 1 N–H and O–H groups in total. The highest BCUT2D eigenvalue weighted by Crippen LogP contribution is 2.41. The zero-order valence-corrected chi connectivity index (χ0v) is 18.3. The number of likely N-dealkylation sites (N-methyl/N-ethyl adjacent to an activating group) is 1. The highest BCUT2D eigenvalue weighted by atomic mass is 16.6. The Labute approximate surface area is 181 Å². The Morgan fingerprint density at radius 2 is 1.97 bits per heavy atom. The number of amides is 1. The fourth-order valence-corrected chi connectivity index (χ4v) is 3.94. The number of hydrogen-bond acceptors (Lipinski definition) is 6. The maximum Gasteiger partial charge on any atom is 0.271 e. The minimum atomic E-state index is -0.514. The summed E-state index contributed by atoms with van der Waals surface area (Å²) < 4.78 is 5.57. The third-order valence-electron chi connectivity index (χ3n) is 5.36. The average Bonchev–Trinajstić information content (AvgIpc) is 2.73. The van der Waals surface area contributed by atoms with Crippen molar-refractivity contribution < 1.29 is 14.5 Å². The van der Waals surface area contributed by atoms with Crippen LogP contribution in [-0.4, -0.2) is 36.2 Å². The lowest BCUT2D eigenvalue weighted by Gasteiger charge is -2.43. The van der Waals surface area contributed by atoms with Gasteiger partial charge in [0.15, 0.2) is 0 Å². The van der Waals surface area contributed by atoms with Crippen LogP contribution in [0.15, 0.2) is 47.6 Å². The summed E-state index contributed by atoms with van der Waals surface area (Å²) in [5.41, 5.74) is 6.62. The van der Waals surface area contributed by atoms with Gasteiger partial charge in [0.05, 0.1) is 23.8 Å². The summed E-state index contributed by atoms with van der Waals surface area (Å²) in [5.74, 6) is 0.189. The standard InChI is InChI=1S/C23H26N4O4/c1-6-26-20-12-21(31-5)17(11-19(20)15(2)13-23(26,3)4)14-24-25-22(28)16-7-9-18(10-8-16)27(29)30/h7-14H,6H2,1-5H3,(H,25,28)/b24-14-. The number of methoxy groups -OCH3 is 1. The molecule has 0 saturated heterocycles. The van der Waals surface area contributed by atoms with Crippen molar-refractivity contribution in [1.82, 2.24) is 5.43 Å². The van der Waals surface area contributed by atoms with Gasteiger partial charge in [0.25, 0.3) is 11.6 Å². The smallest absolute Gasteiger partial charge is 0.271 e. The second-order valence-corrected chi connectivity index (χ2v) is 7.84. The number of hydrazone groups is 1. The SMILES string of the molecule is CCN1c2cc(OC)c(/C=N\NC(=O)c3ccc([N+](=O)[O-])cc3)cc2C(C)=CC1(C)C. The highest BCUT2D eigenvalue weighted by Gasteiger charge is 2.31. The van der Waals surface area contributed by atoms with Crippen LogP contribution in [0.2, 0.25) is 0 Å². The number of fused-ring (bicyclic) bond motifs is 1. The molecule has 0 radical (unpaired) electrons. The Morgan fingerprint density at radius 1 is 1.29 bits per heavy atom. The van der Waals surface area contributed by atoms with Gasteiger partial charge in [-0.2, -0.15) is 5.10 Å². The first-order chi connectivity index (χ1) is 14.7. The Kier molecular flexibility index (Phi) is 6.10. The van der Waals surface area contributed by atoms with Gasteiger partial charge >= 0.3 is 0 Å². The first-order valence-electron chi connectivity index (χ1n) is 9.95. The molecule has 0 saturated carbocycles. The molecule has 3 rings (SSSR count). The van der Waals surface area contributed by atoms with E-state index < -0.39 is 10.8 Å². The van der Waals surface area contributed by atoms with Crippen molar-refractivity contribution in [3.05, 3.63) is 69.3 Å². The van der Waals surface area contributed by atoms with Crippen LogP contribution in [0.5, 0.6) is 5.75 Å². The highest BCUT2D eigenvalue weighted by molar-refractivity contribution is 5.96. The number of anilines is 1. The zero-order chi connectivity index (χ0) is 22.8. The Hall–Kier alpha value is -3.68. The molecule has 1 aliphatic heterocycles. The topological polar surface area (TPSA) is 97.1 Å². The molecule has 1 amide bonds. The third-order valence-corrected chi connectivity index (χ3v) is 5.36. The van der Waals surface area contributed by atoms with Crippen LogP contribution in [0.4, 0.5) is 11.4 Å². The normalized spacial score (nSPS) is 14.7. The molecule has 1 aliphatic rings. The first kappa shape index (κ1) is 22.0. The molecule has 2 aromatic rings. The number of hydrogen-bond donors (Lipinski definition) is 1. The molecule has 31 heavy (non-hydrogen) atoms. The number of nitrogens with one attached hydrogen (secondary N) is 1. The second-order valence-electron chi connectivity index (χ2n) is 7.84. The maximum atomic E-state index is 12.3. The molecule has 1 heterocycles. The molecule has 0 fully saturated rings. The summed E-state index contributed by atoms with van der Waals surface area (Å²) in [6.07, 6.45) is 3.77. The fourth-order valence-electron chi connectivity index (χ4n) is 3.94. The van der Waals surface area contributed by atoms with Crippen LogP contribution < -0.4 is 15.1 Å². The lowest BCUT2D eigenvalue weighted by molar-refractivity contribution is -0.384. The molecule has 0 unspecified atom stereocenters. The monoisotopic (exact) mass is 422 g/mol. The van der Waals surface area contributed by atoms with E-state index in [0.717, 1.165) is 28.9 Å². The van der Waals surface area contributed by atoms with Gasteiger partial charge in [0.2, 0.25) is 0 Å². The largest absolute Gasteiger partial charge is 0.496 e. The number of carbonyl (C=O) groups is 1. The maximum absolute atomic E-state index is 12.3. The summed E-state index contributed by atoms with van der Waals surface area (Å²) in [7, 11) is 1.60. The van der Waals surface area contributed by atoms with Crippen molar-refractivity contribution in [2.24, 2.45) is 5.10 Å². The summed E-state index contributed by atoms with van der Waals surface area (Å²) >= 11 is 0. The fraction of sp³-hybridized carbons (Fsp3) is 0.304. The van der Waals surface area contributed by atoms with Crippen LogP contribution in [-0.2, 0) is 0 Å². The number of ether oxygens (including phenoxy) is 1. The van der Waals surface area contributed by atoms with E-state index in [1.807, 2.05) is 12.1 Å². The summed E-state index contributed by atoms with van der Waals surface area (Å²) in [5, 5.41) is 14.8. The minimum absolute atomic E-state index is 0.0772. The van der Waals surface area contributed by atoms with E-state index in [-0.39, 0.29) is 16.8 Å². The lowest BCUT2D eigenvalue weighted by Crippen LogP contribution is -2.44. The molecule has 0 aliphatic carbocycles. The number of nitrogens with zero attached hydrogens (tertiary/aromatic N) is 3. The number of nitro groups is 1. The van der Waals surface area contributed by atoms with Gasteiger partial charge in [0.1, 0.15) is 5.75 Å². The molecule has 0 aromatic heterocycles. The van der Waals surface area contributed by atoms with Crippen molar-refractivity contribution in [3.8, 4) is 5.75 Å². The molecule has 8 nitrogen and oxygen atoms in total. The summed E-state index contributed by atoms with van der Waals surface area (Å²) in [6, 6.07) is 9.33. The van der Waals surface area contributed by atoms with Gasteiger partial charge < -0.3 is 9.64 Å². The third kappa shape index (κ3) is 4.42. The lowest BCUT2D eigenvalue weighted by atomic mass is 9.88. The van der Waals surface area contributed by atoms with Crippen molar-refractivity contribution >= 4 is 29.1 Å². The Morgan fingerprint density at radius 3 is 2.55 bits per heavy atom. The van der Waals surface area contributed by atoms with E-state index in [2.05, 4.69) is 49.2 Å². The van der Waals surface area contributed by atoms with Crippen molar-refractivity contribution in [1.29, 1.82) is 0 Å². The van der Waals surface area contributed by atoms with Crippen molar-refractivity contribution in [2.75, 3.05) is 18.6 Å². The number of carbonyl (C=O) groups excluding carboxylic acids is 1. The molecule has 8 heteroatoms. The molecule has 2 aromatic carbocycles. The number of benzene rings is 2. The molecule has 0 spiro atoms. The second kappa shape index (κ2) is 8.59. The van der Waals surface area contributed by atoms with Gasteiger partial charge in [-0.25, -0.2) is 5.43 Å². The average molecular weight is 422 g/mol. The van der Waals surface area contributed by atoms with Gasteiger partial charge in [-0.1, -0.05) is 6.08 Å². The summed E-state index contributed by atoms with van der Waals surface area (Å²) in [4.78, 5) is 24.8. The van der Waals surface area contributed by atoms with Crippen molar-refractivity contribution in [3.63, 3.8) is 0 Å². The predicted octanol–water partition coefficient (Wildman–Crippen LogP) is 4.39. The summed E-state index contributed by atoms with van der Waals surface area (Å²) in [6.45, 7) is 9.41.